The zero-order valence-corrected chi connectivity index (χ0v) is 12.8. The fourth-order valence-electron chi connectivity index (χ4n) is 2.55. The lowest BCUT2D eigenvalue weighted by molar-refractivity contribution is 0.167. The molecule has 2 rings (SSSR count). The number of methoxy groups -OCH3 is 1. The van der Waals surface area contributed by atoms with Gasteiger partial charge in [0.1, 0.15) is 5.82 Å². The quantitative estimate of drug-likeness (QED) is 0.778. The smallest absolute Gasteiger partial charge is 0.407 e. The molecule has 1 unspecified atom stereocenters. The van der Waals surface area contributed by atoms with E-state index in [0.29, 0.717) is 0 Å². The Labute approximate surface area is 125 Å². The molecule has 1 aliphatic rings. The SMILES string of the molecule is CCCNCc1cccnc1N1CCC(NC(=O)OC)C1. The monoisotopic (exact) mass is 292 g/mol. The van der Waals surface area contributed by atoms with Gasteiger partial charge in [-0.1, -0.05) is 13.0 Å². The van der Waals surface area contributed by atoms with Crippen molar-refractivity contribution in [3.8, 4) is 0 Å². The number of carbonyl (C=O) groups is 1. The van der Waals surface area contributed by atoms with Crippen molar-refractivity contribution in [1.29, 1.82) is 0 Å². The molecule has 6 nitrogen and oxygen atoms in total. The summed E-state index contributed by atoms with van der Waals surface area (Å²) in [5.74, 6) is 1.01. The summed E-state index contributed by atoms with van der Waals surface area (Å²) in [6.07, 6.45) is 3.48. The summed E-state index contributed by atoms with van der Waals surface area (Å²) in [4.78, 5) is 18.0. The molecule has 1 amide bonds. The number of carbonyl (C=O) groups excluding carboxylic acids is 1. The number of aromatic nitrogens is 1. The van der Waals surface area contributed by atoms with Crippen LogP contribution >= 0.6 is 0 Å². The molecular formula is C15H24N4O2. The van der Waals surface area contributed by atoms with Crippen LogP contribution in [0.2, 0.25) is 0 Å². The van der Waals surface area contributed by atoms with Gasteiger partial charge in [-0.3, -0.25) is 0 Å². The zero-order valence-electron chi connectivity index (χ0n) is 12.8. The highest BCUT2D eigenvalue weighted by atomic mass is 16.5. The third kappa shape index (κ3) is 4.32. The minimum Gasteiger partial charge on any atom is -0.453 e. The Morgan fingerprint density at radius 3 is 3.19 bits per heavy atom. The number of alkyl carbamates (subject to hydrolysis) is 1. The number of nitrogens with one attached hydrogen (secondary N) is 2. The van der Waals surface area contributed by atoms with E-state index in [0.717, 1.165) is 44.8 Å². The number of hydrogen-bond donors (Lipinski definition) is 2. The van der Waals surface area contributed by atoms with Crippen LogP contribution in [-0.4, -0.2) is 43.9 Å². The van der Waals surface area contributed by atoms with Crippen molar-refractivity contribution < 1.29 is 9.53 Å². The lowest BCUT2D eigenvalue weighted by atomic mass is 10.2. The Morgan fingerprint density at radius 1 is 1.57 bits per heavy atom. The van der Waals surface area contributed by atoms with Gasteiger partial charge in [-0.25, -0.2) is 9.78 Å². The van der Waals surface area contributed by atoms with E-state index in [1.807, 2.05) is 12.3 Å². The van der Waals surface area contributed by atoms with E-state index in [1.54, 1.807) is 0 Å². The summed E-state index contributed by atoms with van der Waals surface area (Å²) in [7, 11) is 1.39. The standard InChI is InChI=1S/C15H24N4O2/c1-3-7-16-10-12-5-4-8-17-14(12)19-9-6-13(11-19)18-15(20)21-2/h4-5,8,13,16H,3,6-7,9-11H2,1-2H3,(H,18,20). The molecule has 21 heavy (non-hydrogen) atoms. The molecule has 1 aromatic rings. The van der Waals surface area contributed by atoms with Crippen LogP contribution < -0.4 is 15.5 Å². The number of nitrogens with zero attached hydrogens (tertiary/aromatic N) is 2. The Hall–Kier alpha value is -1.82. The van der Waals surface area contributed by atoms with Crippen molar-refractivity contribution in [3.63, 3.8) is 0 Å². The van der Waals surface area contributed by atoms with Crippen molar-refractivity contribution in [2.24, 2.45) is 0 Å². The van der Waals surface area contributed by atoms with Gasteiger partial charge >= 0.3 is 6.09 Å². The number of rotatable bonds is 6. The molecule has 0 radical (unpaired) electrons. The molecule has 0 aromatic carbocycles. The first-order chi connectivity index (χ1) is 10.2. The average molecular weight is 292 g/mol. The topological polar surface area (TPSA) is 66.5 Å². The highest BCUT2D eigenvalue weighted by Crippen LogP contribution is 2.22. The van der Waals surface area contributed by atoms with Crippen LogP contribution in [0.25, 0.3) is 0 Å². The largest absolute Gasteiger partial charge is 0.453 e. The zero-order chi connectivity index (χ0) is 15.1. The summed E-state index contributed by atoms with van der Waals surface area (Å²) < 4.78 is 4.65. The van der Waals surface area contributed by atoms with Crippen LogP contribution in [0.15, 0.2) is 18.3 Å². The van der Waals surface area contributed by atoms with Gasteiger partial charge in [0.2, 0.25) is 0 Å². The van der Waals surface area contributed by atoms with Crippen LogP contribution in [0.1, 0.15) is 25.3 Å². The third-order valence-electron chi connectivity index (χ3n) is 3.60. The third-order valence-corrected chi connectivity index (χ3v) is 3.60. The van der Waals surface area contributed by atoms with Gasteiger partial charge in [0.05, 0.1) is 13.2 Å². The molecule has 1 saturated heterocycles. The lowest BCUT2D eigenvalue weighted by Crippen LogP contribution is -2.37. The second-order valence-corrected chi connectivity index (χ2v) is 5.23. The van der Waals surface area contributed by atoms with E-state index in [-0.39, 0.29) is 12.1 Å². The van der Waals surface area contributed by atoms with E-state index in [4.69, 9.17) is 0 Å². The van der Waals surface area contributed by atoms with Crippen LogP contribution in [0.4, 0.5) is 10.6 Å². The Bertz CT molecular complexity index is 467. The first-order valence-corrected chi connectivity index (χ1v) is 7.48. The predicted octanol–water partition coefficient (Wildman–Crippen LogP) is 1.52. The molecule has 1 aliphatic heterocycles. The highest BCUT2D eigenvalue weighted by molar-refractivity contribution is 5.67. The molecule has 6 heteroatoms. The summed E-state index contributed by atoms with van der Waals surface area (Å²) in [6, 6.07) is 4.19. The molecule has 1 aromatic heterocycles. The van der Waals surface area contributed by atoms with E-state index in [1.165, 1.54) is 12.7 Å². The summed E-state index contributed by atoms with van der Waals surface area (Å²) in [5, 5.41) is 6.27. The highest BCUT2D eigenvalue weighted by Gasteiger charge is 2.26. The number of pyridine rings is 1. The van der Waals surface area contributed by atoms with Crippen LogP contribution in [0.5, 0.6) is 0 Å². The van der Waals surface area contributed by atoms with Crippen molar-refractivity contribution in [2.75, 3.05) is 31.6 Å². The normalized spacial score (nSPS) is 17.8. The van der Waals surface area contributed by atoms with Gasteiger partial charge in [-0.2, -0.15) is 0 Å². The fraction of sp³-hybridized carbons (Fsp3) is 0.600. The van der Waals surface area contributed by atoms with Crippen molar-refractivity contribution in [2.45, 2.75) is 32.4 Å². The molecular weight excluding hydrogens is 268 g/mol. The maximum Gasteiger partial charge on any atom is 0.407 e. The maximum absolute atomic E-state index is 11.3. The van der Waals surface area contributed by atoms with Gasteiger partial charge in [0.15, 0.2) is 0 Å². The molecule has 1 atom stereocenters. The number of anilines is 1. The maximum atomic E-state index is 11.3. The summed E-state index contributed by atoms with van der Waals surface area (Å²) >= 11 is 0. The lowest BCUT2D eigenvalue weighted by Gasteiger charge is -2.21. The summed E-state index contributed by atoms with van der Waals surface area (Å²) in [6.45, 7) is 5.64. The van der Waals surface area contributed by atoms with Gasteiger partial charge < -0.3 is 20.3 Å². The minimum absolute atomic E-state index is 0.121. The number of hydrogen-bond acceptors (Lipinski definition) is 5. The van der Waals surface area contributed by atoms with E-state index in [2.05, 4.69) is 38.2 Å². The Kier molecular flexibility index (Phi) is 5.80. The second-order valence-electron chi connectivity index (χ2n) is 5.23. The average Bonchev–Trinajstić information content (AvgIpc) is 2.96. The molecule has 0 bridgehead atoms. The van der Waals surface area contributed by atoms with Crippen LogP contribution in [0.3, 0.4) is 0 Å². The van der Waals surface area contributed by atoms with E-state index < -0.39 is 0 Å². The van der Waals surface area contributed by atoms with Gasteiger partial charge in [-0.05, 0) is 25.5 Å². The first-order valence-electron chi connectivity index (χ1n) is 7.48. The second kappa shape index (κ2) is 7.83. The minimum atomic E-state index is -0.368. The molecule has 0 spiro atoms. The number of ether oxygens (including phenoxy) is 1. The summed E-state index contributed by atoms with van der Waals surface area (Å²) in [5.41, 5.74) is 1.20. The Morgan fingerprint density at radius 2 is 2.43 bits per heavy atom. The number of amides is 1. The van der Waals surface area contributed by atoms with Gasteiger partial charge in [0.25, 0.3) is 0 Å². The van der Waals surface area contributed by atoms with Crippen molar-refractivity contribution >= 4 is 11.9 Å². The van der Waals surface area contributed by atoms with Crippen molar-refractivity contribution in [1.82, 2.24) is 15.6 Å². The molecule has 0 saturated carbocycles. The van der Waals surface area contributed by atoms with Gasteiger partial charge in [-0.15, -0.1) is 0 Å². The Balaban J connectivity index is 1.97. The van der Waals surface area contributed by atoms with Crippen molar-refractivity contribution in [3.05, 3.63) is 23.9 Å². The molecule has 2 heterocycles. The molecule has 0 aliphatic carbocycles. The van der Waals surface area contributed by atoms with Crippen LogP contribution in [-0.2, 0) is 11.3 Å². The van der Waals surface area contributed by atoms with Crippen LogP contribution in [0, 0.1) is 0 Å². The molecule has 116 valence electrons. The fourth-order valence-corrected chi connectivity index (χ4v) is 2.55. The predicted molar refractivity (Wildman–Crippen MR) is 82.4 cm³/mol. The van der Waals surface area contributed by atoms with Gasteiger partial charge in [0, 0.05) is 31.4 Å². The molecule has 1 fully saturated rings. The first kappa shape index (κ1) is 15.6. The molecule has 2 N–H and O–H groups in total. The van der Waals surface area contributed by atoms with E-state index >= 15 is 0 Å². The van der Waals surface area contributed by atoms with E-state index in [9.17, 15) is 4.79 Å².